The van der Waals surface area contributed by atoms with Crippen LogP contribution in [0.15, 0.2) is 24.3 Å². The largest absolute Gasteiger partial charge is 0.379 e. The van der Waals surface area contributed by atoms with Gasteiger partial charge in [0.1, 0.15) is 0 Å². The molecule has 0 amide bonds. The van der Waals surface area contributed by atoms with Crippen LogP contribution in [0.25, 0.3) is 0 Å². The van der Waals surface area contributed by atoms with Crippen molar-refractivity contribution < 1.29 is 4.74 Å². The van der Waals surface area contributed by atoms with Gasteiger partial charge in [-0.25, -0.2) is 0 Å². The van der Waals surface area contributed by atoms with Gasteiger partial charge in [0, 0.05) is 31.7 Å². The zero-order valence-electron chi connectivity index (χ0n) is 17.4. The quantitative estimate of drug-likeness (QED) is 0.628. The molecule has 0 aromatic heterocycles. The Bertz CT molecular complexity index is 653. The average Bonchev–Trinajstić information content (AvgIpc) is 2.71. The molecule has 2 aliphatic heterocycles. The molecule has 1 aromatic carbocycles. The molecule has 4 nitrogen and oxygen atoms in total. The van der Waals surface area contributed by atoms with E-state index in [1.165, 1.54) is 11.1 Å². The van der Waals surface area contributed by atoms with Crippen molar-refractivity contribution in [2.45, 2.75) is 58.0 Å². The Balaban J connectivity index is 1.61. The van der Waals surface area contributed by atoms with E-state index in [0.717, 1.165) is 63.9 Å². The highest BCUT2D eigenvalue weighted by Gasteiger charge is 2.40. The predicted molar refractivity (Wildman–Crippen MR) is 116 cm³/mol. The smallest absolute Gasteiger partial charge is 0.169 e. The Morgan fingerprint density at radius 2 is 1.85 bits per heavy atom. The van der Waals surface area contributed by atoms with Gasteiger partial charge in [0.05, 0.1) is 13.2 Å². The Hall–Kier alpha value is -1.17. The van der Waals surface area contributed by atoms with Crippen molar-refractivity contribution in [3.05, 3.63) is 35.4 Å². The molecule has 2 heterocycles. The third-order valence-electron chi connectivity index (χ3n) is 5.96. The molecule has 1 aromatic rings. The molecule has 27 heavy (non-hydrogen) atoms. The molecule has 0 spiro atoms. The van der Waals surface area contributed by atoms with Crippen LogP contribution in [0.3, 0.4) is 0 Å². The molecule has 3 rings (SSSR count). The molecule has 1 saturated heterocycles. The summed E-state index contributed by atoms with van der Waals surface area (Å²) in [6.07, 6.45) is 2.18. The van der Waals surface area contributed by atoms with Gasteiger partial charge in [0.25, 0.3) is 0 Å². The van der Waals surface area contributed by atoms with Gasteiger partial charge in [0.2, 0.25) is 0 Å². The van der Waals surface area contributed by atoms with Crippen LogP contribution in [0.1, 0.15) is 51.7 Å². The Labute approximate surface area is 170 Å². The fourth-order valence-corrected chi connectivity index (χ4v) is 5.15. The van der Waals surface area contributed by atoms with E-state index in [-0.39, 0.29) is 11.0 Å². The minimum atomic E-state index is 0.0107. The normalized spacial score (nSPS) is 22.0. The van der Waals surface area contributed by atoms with Crippen molar-refractivity contribution in [1.82, 2.24) is 15.1 Å². The first-order valence-electron chi connectivity index (χ1n) is 10.2. The summed E-state index contributed by atoms with van der Waals surface area (Å²) in [5, 5.41) is 4.42. The first kappa shape index (κ1) is 20.6. The fourth-order valence-electron chi connectivity index (χ4n) is 4.74. The summed E-state index contributed by atoms with van der Waals surface area (Å²) in [6.45, 7) is 16.1. The van der Waals surface area contributed by atoms with Crippen molar-refractivity contribution in [3.63, 3.8) is 0 Å². The molecule has 0 saturated carbocycles. The van der Waals surface area contributed by atoms with Crippen LogP contribution in [-0.2, 0) is 16.7 Å². The Morgan fingerprint density at radius 3 is 2.59 bits per heavy atom. The van der Waals surface area contributed by atoms with Crippen LogP contribution in [0, 0.1) is 0 Å². The Kier molecular flexibility index (Phi) is 6.44. The lowest BCUT2D eigenvalue weighted by Gasteiger charge is -2.42. The third kappa shape index (κ3) is 5.01. The molecule has 150 valence electrons. The number of nitrogens with one attached hydrogen (secondary N) is 1. The van der Waals surface area contributed by atoms with Gasteiger partial charge in [-0.15, -0.1) is 0 Å². The second-order valence-electron chi connectivity index (χ2n) is 9.16. The second kappa shape index (κ2) is 8.46. The molecule has 0 radical (unpaired) electrons. The van der Waals surface area contributed by atoms with E-state index in [2.05, 4.69) is 67.1 Å². The lowest BCUT2D eigenvalue weighted by Crippen LogP contribution is -2.52. The predicted octanol–water partition coefficient (Wildman–Crippen LogP) is 3.55. The van der Waals surface area contributed by atoms with Gasteiger partial charge in [-0.2, -0.15) is 0 Å². The van der Waals surface area contributed by atoms with E-state index >= 15 is 0 Å². The molecule has 2 aliphatic rings. The molecule has 1 N–H and O–H groups in total. The maximum atomic E-state index is 5.84. The van der Waals surface area contributed by atoms with Gasteiger partial charge in [0.15, 0.2) is 5.11 Å². The first-order valence-corrected chi connectivity index (χ1v) is 10.6. The maximum Gasteiger partial charge on any atom is 0.169 e. The van der Waals surface area contributed by atoms with Crippen LogP contribution in [-0.4, -0.2) is 59.8 Å². The molecule has 1 fully saturated rings. The fraction of sp³-hybridized carbons (Fsp3) is 0.682. The van der Waals surface area contributed by atoms with Crippen molar-refractivity contribution in [3.8, 4) is 0 Å². The lowest BCUT2D eigenvalue weighted by atomic mass is 9.75. The highest BCUT2D eigenvalue weighted by Crippen LogP contribution is 2.40. The van der Waals surface area contributed by atoms with Gasteiger partial charge in [-0.3, -0.25) is 4.90 Å². The number of rotatable bonds is 4. The van der Waals surface area contributed by atoms with Crippen molar-refractivity contribution in [2.75, 3.05) is 39.4 Å². The number of morpholine rings is 1. The highest BCUT2D eigenvalue weighted by molar-refractivity contribution is 7.80. The molecular formula is C22H35N3OS. The summed E-state index contributed by atoms with van der Waals surface area (Å²) in [7, 11) is 0. The number of hydrogen-bond acceptors (Lipinski definition) is 3. The van der Waals surface area contributed by atoms with E-state index in [9.17, 15) is 0 Å². The molecule has 0 bridgehead atoms. The van der Waals surface area contributed by atoms with Gasteiger partial charge >= 0.3 is 0 Å². The summed E-state index contributed by atoms with van der Waals surface area (Å²) >= 11 is 5.84. The molecule has 0 unspecified atom stereocenters. The molecule has 5 heteroatoms. The number of ether oxygens (including phenoxy) is 1. The van der Waals surface area contributed by atoms with E-state index in [1.807, 2.05) is 0 Å². The van der Waals surface area contributed by atoms with E-state index < -0.39 is 0 Å². The monoisotopic (exact) mass is 389 g/mol. The molecule has 0 aliphatic carbocycles. The summed E-state index contributed by atoms with van der Waals surface area (Å²) < 4.78 is 5.42. The first-order chi connectivity index (χ1) is 12.8. The summed E-state index contributed by atoms with van der Waals surface area (Å²) in [4.78, 5) is 4.87. The van der Waals surface area contributed by atoms with Crippen molar-refractivity contribution >= 4 is 17.3 Å². The number of benzene rings is 1. The number of nitrogens with zero attached hydrogens (tertiary/aromatic N) is 2. The van der Waals surface area contributed by atoms with Crippen LogP contribution < -0.4 is 5.32 Å². The average molecular weight is 390 g/mol. The second-order valence-corrected chi connectivity index (χ2v) is 9.54. The van der Waals surface area contributed by atoms with E-state index in [0.29, 0.717) is 0 Å². The number of hydrogen-bond donors (Lipinski definition) is 1. The third-order valence-corrected chi connectivity index (χ3v) is 6.32. The van der Waals surface area contributed by atoms with Gasteiger partial charge < -0.3 is 15.0 Å². The van der Waals surface area contributed by atoms with Gasteiger partial charge in [-0.05, 0) is 62.0 Å². The van der Waals surface area contributed by atoms with Gasteiger partial charge in [-0.1, -0.05) is 38.1 Å². The van der Waals surface area contributed by atoms with Crippen LogP contribution >= 0.6 is 12.2 Å². The Morgan fingerprint density at radius 1 is 1.15 bits per heavy atom. The topological polar surface area (TPSA) is 27.7 Å². The zero-order valence-corrected chi connectivity index (χ0v) is 18.2. The summed E-state index contributed by atoms with van der Waals surface area (Å²) in [5.74, 6) is 0. The summed E-state index contributed by atoms with van der Waals surface area (Å²) in [5.41, 5.74) is 3.00. The lowest BCUT2D eigenvalue weighted by molar-refractivity contribution is 0.0375. The highest BCUT2D eigenvalue weighted by atomic mass is 32.1. The van der Waals surface area contributed by atoms with Crippen molar-refractivity contribution in [1.29, 1.82) is 0 Å². The SMILES string of the molecule is CC1(C)CC(C)(C)N(C(=S)NCCCN2CCOCC2)Cc2ccccc21. The number of thiocarbonyl (C=S) groups is 1. The maximum absolute atomic E-state index is 5.84. The van der Waals surface area contributed by atoms with E-state index in [1.54, 1.807) is 0 Å². The van der Waals surface area contributed by atoms with E-state index in [4.69, 9.17) is 17.0 Å². The number of fused-ring (bicyclic) bond motifs is 1. The van der Waals surface area contributed by atoms with Crippen molar-refractivity contribution in [2.24, 2.45) is 0 Å². The molecule has 0 atom stereocenters. The van der Waals surface area contributed by atoms with Crippen LogP contribution in [0.5, 0.6) is 0 Å². The minimum Gasteiger partial charge on any atom is -0.379 e. The standard InChI is InChI=1S/C22H35N3OS/c1-21(2)17-22(3,4)25(16-18-8-5-6-9-19(18)21)20(27)23-10-7-11-24-12-14-26-15-13-24/h5-6,8-9H,7,10-17H2,1-4H3,(H,23,27). The summed E-state index contributed by atoms with van der Waals surface area (Å²) in [6, 6.07) is 8.84. The van der Waals surface area contributed by atoms with Crippen LogP contribution in [0.2, 0.25) is 0 Å². The van der Waals surface area contributed by atoms with Crippen LogP contribution in [0.4, 0.5) is 0 Å². The molecular weight excluding hydrogens is 354 g/mol. The zero-order chi connectivity index (χ0) is 19.5. The minimum absolute atomic E-state index is 0.0107.